The molecule has 0 radical (unpaired) electrons. The minimum Gasteiger partial charge on any atom is -0.497 e. The van der Waals surface area contributed by atoms with E-state index in [9.17, 15) is 5.11 Å². The van der Waals surface area contributed by atoms with Crippen molar-refractivity contribution in [2.24, 2.45) is 0 Å². The molecule has 4 nitrogen and oxygen atoms in total. The molecule has 2 aromatic rings. The van der Waals surface area contributed by atoms with Crippen LogP contribution in [0, 0.1) is 0 Å². The summed E-state index contributed by atoms with van der Waals surface area (Å²) >= 11 is 0. The van der Waals surface area contributed by atoms with E-state index in [1.165, 1.54) is 12.0 Å². The van der Waals surface area contributed by atoms with Gasteiger partial charge in [0, 0.05) is 39.3 Å². The van der Waals surface area contributed by atoms with Crippen molar-refractivity contribution in [1.29, 1.82) is 0 Å². The molecule has 2 aliphatic rings. The molecule has 2 aromatic carbocycles. The zero-order valence-electron chi connectivity index (χ0n) is 18.8. The lowest BCUT2D eigenvalue weighted by Crippen LogP contribution is -2.46. The van der Waals surface area contributed by atoms with Gasteiger partial charge < -0.3 is 9.84 Å². The van der Waals surface area contributed by atoms with E-state index in [4.69, 9.17) is 4.74 Å². The number of hydrogen-bond acceptors (Lipinski definition) is 4. The van der Waals surface area contributed by atoms with Crippen LogP contribution in [-0.2, 0) is 6.54 Å². The van der Waals surface area contributed by atoms with Crippen LogP contribution in [0.15, 0.2) is 60.7 Å². The van der Waals surface area contributed by atoms with Gasteiger partial charge in [0.05, 0.1) is 12.7 Å². The van der Waals surface area contributed by atoms with E-state index in [2.05, 4.69) is 58.3 Å². The third-order valence-electron chi connectivity index (χ3n) is 6.83. The van der Waals surface area contributed by atoms with Crippen molar-refractivity contribution >= 4 is 5.57 Å². The van der Waals surface area contributed by atoms with Gasteiger partial charge in [0.15, 0.2) is 0 Å². The number of aliphatic hydroxyl groups is 1. The van der Waals surface area contributed by atoms with Crippen molar-refractivity contribution in [3.05, 3.63) is 71.8 Å². The Labute approximate surface area is 187 Å². The predicted molar refractivity (Wildman–Crippen MR) is 127 cm³/mol. The Morgan fingerprint density at radius 3 is 2.35 bits per heavy atom. The standard InChI is InChI=1S/C27H36N2O2/c1-31-25-12-8-11-24(21-25)26(27(30)14-6-3-7-15-27)13-16-28-17-19-29(20-18-28)22-23-9-4-2-5-10-23/h2,4-5,8-13,21,30H,3,6-7,14-20,22H2,1H3. The summed E-state index contributed by atoms with van der Waals surface area (Å²) in [7, 11) is 1.70. The lowest BCUT2D eigenvalue weighted by Gasteiger charge is -2.37. The zero-order valence-corrected chi connectivity index (χ0v) is 18.8. The zero-order chi connectivity index (χ0) is 21.5. The summed E-state index contributed by atoms with van der Waals surface area (Å²) in [5.41, 5.74) is 2.83. The van der Waals surface area contributed by atoms with E-state index in [0.29, 0.717) is 0 Å². The lowest BCUT2D eigenvalue weighted by atomic mass is 9.76. The van der Waals surface area contributed by atoms with Gasteiger partial charge in [-0.2, -0.15) is 0 Å². The topological polar surface area (TPSA) is 35.9 Å². The number of ether oxygens (including phenoxy) is 1. The van der Waals surface area contributed by atoms with E-state index < -0.39 is 5.60 Å². The number of rotatable bonds is 7. The van der Waals surface area contributed by atoms with Crippen LogP contribution in [0.25, 0.3) is 5.57 Å². The molecular formula is C27H36N2O2. The summed E-state index contributed by atoms with van der Waals surface area (Å²) in [5.74, 6) is 0.845. The average molecular weight is 421 g/mol. The third kappa shape index (κ3) is 5.76. The first-order valence-electron chi connectivity index (χ1n) is 11.7. The van der Waals surface area contributed by atoms with Crippen LogP contribution in [0.4, 0.5) is 0 Å². The molecule has 4 rings (SSSR count). The Morgan fingerprint density at radius 1 is 0.935 bits per heavy atom. The number of hydrogen-bond donors (Lipinski definition) is 1. The molecule has 0 atom stereocenters. The van der Waals surface area contributed by atoms with E-state index in [-0.39, 0.29) is 0 Å². The van der Waals surface area contributed by atoms with Crippen molar-refractivity contribution in [3.63, 3.8) is 0 Å². The van der Waals surface area contributed by atoms with Gasteiger partial charge in [-0.05, 0) is 41.7 Å². The lowest BCUT2D eigenvalue weighted by molar-refractivity contribution is 0.0608. The molecule has 31 heavy (non-hydrogen) atoms. The summed E-state index contributed by atoms with van der Waals surface area (Å²) < 4.78 is 5.46. The van der Waals surface area contributed by atoms with Gasteiger partial charge in [-0.1, -0.05) is 67.8 Å². The Balaban J connectivity index is 1.43. The molecule has 0 aromatic heterocycles. The van der Waals surface area contributed by atoms with Gasteiger partial charge in [0.1, 0.15) is 5.75 Å². The van der Waals surface area contributed by atoms with Crippen molar-refractivity contribution in [3.8, 4) is 5.75 Å². The quantitative estimate of drug-likeness (QED) is 0.711. The van der Waals surface area contributed by atoms with Crippen molar-refractivity contribution in [1.82, 2.24) is 9.80 Å². The SMILES string of the molecule is COc1cccc(C(=CCN2CCN(Cc3ccccc3)CC2)C2(O)CCCCC2)c1. The second-order valence-electron chi connectivity index (χ2n) is 9.00. The molecule has 1 N–H and O–H groups in total. The molecule has 0 spiro atoms. The van der Waals surface area contributed by atoms with Gasteiger partial charge in [0.25, 0.3) is 0 Å². The average Bonchev–Trinajstić information content (AvgIpc) is 2.81. The molecule has 1 saturated heterocycles. The van der Waals surface area contributed by atoms with Crippen LogP contribution in [0.1, 0.15) is 43.2 Å². The smallest absolute Gasteiger partial charge is 0.119 e. The Hall–Kier alpha value is -2.14. The number of piperazine rings is 1. The molecule has 0 unspecified atom stereocenters. The minimum absolute atomic E-state index is 0.722. The van der Waals surface area contributed by atoms with Crippen LogP contribution in [0.5, 0.6) is 5.75 Å². The van der Waals surface area contributed by atoms with Crippen LogP contribution < -0.4 is 4.74 Å². The highest BCUT2D eigenvalue weighted by Gasteiger charge is 2.34. The van der Waals surface area contributed by atoms with Gasteiger partial charge in [0.2, 0.25) is 0 Å². The molecule has 166 valence electrons. The maximum absolute atomic E-state index is 11.5. The Morgan fingerprint density at radius 2 is 1.65 bits per heavy atom. The van der Waals surface area contributed by atoms with E-state index >= 15 is 0 Å². The number of methoxy groups -OCH3 is 1. The highest BCUT2D eigenvalue weighted by molar-refractivity contribution is 5.73. The summed E-state index contributed by atoms with van der Waals surface area (Å²) in [6.07, 6.45) is 7.39. The highest BCUT2D eigenvalue weighted by Crippen LogP contribution is 2.40. The fourth-order valence-corrected chi connectivity index (χ4v) is 4.97. The maximum atomic E-state index is 11.5. The molecule has 0 bridgehead atoms. The fraction of sp³-hybridized carbons (Fsp3) is 0.481. The van der Waals surface area contributed by atoms with Crippen molar-refractivity contribution < 1.29 is 9.84 Å². The normalized spacial score (nSPS) is 20.5. The molecule has 1 saturated carbocycles. The summed E-state index contributed by atoms with van der Waals surface area (Å²) in [4.78, 5) is 5.04. The van der Waals surface area contributed by atoms with Crippen LogP contribution in [0.2, 0.25) is 0 Å². The van der Waals surface area contributed by atoms with E-state index in [1.807, 2.05) is 12.1 Å². The second kappa shape index (κ2) is 10.4. The summed E-state index contributed by atoms with van der Waals surface area (Å²) in [6.45, 7) is 6.21. The fourth-order valence-electron chi connectivity index (χ4n) is 4.97. The number of nitrogens with zero attached hydrogens (tertiary/aromatic N) is 2. The second-order valence-corrected chi connectivity index (χ2v) is 9.00. The van der Waals surface area contributed by atoms with Crippen LogP contribution >= 0.6 is 0 Å². The molecule has 0 amide bonds. The first-order chi connectivity index (χ1) is 15.2. The van der Waals surface area contributed by atoms with Crippen molar-refractivity contribution in [2.45, 2.75) is 44.2 Å². The van der Waals surface area contributed by atoms with E-state index in [1.54, 1.807) is 7.11 Å². The van der Waals surface area contributed by atoms with Gasteiger partial charge in [-0.15, -0.1) is 0 Å². The number of benzene rings is 2. The third-order valence-corrected chi connectivity index (χ3v) is 6.83. The van der Waals surface area contributed by atoms with Crippen molar-refractivity contribution in [2.75, 3.05) is 39.8 Å². The van der Waals surface area contributed by atoms with E-state index in [0.717, 1.165) is 81.8 Å². The predicted octanol–water partition coefficient (Wildman–Crippen LogP) is 4.59. The van der Waals surface area contributed by atoms with Crippen LogP contribution in [0.3, 0.4) is 0 Å². The molecular weight excluding hydrogens is 384 g/mol. The molecule has 2 fully saturated rings. The summed E-state index contributed by atoms with van der Waals surface area (Å²) in [5, 5.41) is 11.5. The molecule has 1 aliphatic heterocycles. The first kappa shape index (κ1) is 22.1. The van der Waals surface area contributed by atoms with Gasteiger partial charge in [-0.3, -0.25) is 9.80 Å². The minimum atomic E-state index is -0.722. The summed E-state index contributed by atoms with van der Waals surface area (Å²) in [6, 6.07) is 18.9. The van der Waals surface area contributed by atoms with Gasteiger partial charge >= 0.3 is 0 Å². The Bertz CT molecular complexity index is 851. The molecule has 4 heteroatoms. The monoisotopic (exact) mass is 420 g/mol. The first-order valence-corrected chi connectivity index (χ1v) is 11.7. The molecule has 1 aliphatic carbocycles. The largest absolute Gasteiger partial charge is 0.497 e. The highest BCUT2D eigenvalue weighted by atomic mass is 16.5. The van der Waals surface area contributed by atoms with Gasteiger partial charge in [-0.25, -0.2) is 0 Å². The molecule has 1 heterocycles. The Kier molecular flexibility index (Phi) is 7.44. The maximum Gasteiger partial charge on any atom is 0.119 e. The van der Waals surface area contributed by atoms with Crippen LogP contribution in [-0.4, -0.2) is 60.3 Å².